The summed E-state index contributed by atoms with van der Waals surface area (Å²) in [4.78, 5) is 4.10. The van der Waals surface area contributed by atoms with E-state index in [1.165, 1.54) is 0 Å². The Balaban J connectivity index is 2.70. The number of aliphatic imine (C=N–C) groups is 1. The quantitative estimate of drug-likeness (QED) is 0.545. The lowest BCUT2D eigenvalue weighted by molar-refractivity contribution is 0.300. The Bertz CT molecular complexity index is 410. The molecule has 6 heteroatoms. The van der Waals surface area contributed by atoms with Gasteiger partial charge in [-0.2, -0.15) is 0 Å². The SMILES string of the molecule is CCNC(=NCc1cc(F)ccc1F)NCCO. The maximum absolute atomic E-state index is 13.3. The molecular weight excluding hydrogens is 240 g/mol. The lowest BCUT2D eigenvalue weighted by Gasteiger charge is -2.10. The third-order valence-electron chi connectivity index (χ3n) is 2.16. The minimum absolute atomic E-state index is 0.0290. The van der Waals surface area contributed by atoms with Gasteiger partial charge in [-0.15, -0.1) is 0 Å². The molecule has 0 aliphatic rings. The molecule has 1 rings (SSSR count). The summed E-state index contributed by atoms with van der Waals surface area (Å²) in [5.41, 5.74) is 0.191. The summed E-state index contributed by atoms with van der Waals surface area (Å²) in [6.07, 6.45) is 0. The van der Waals surface area contributed by atoms with Gasteiger partial charge in [0.15, 0.2) is 5.96 Å². The Morgan fingerprint density at radius 3 is 2.78 bits per heavy atom. The van der Waals surface area contributed by atoms with Gasteiger partial charge in [0, 0.05) is 18.7 Å². The zero-order valence-corrected chi connectivity index (χ0v) is 10.2. The number of benzene rings is 1. The Labute approximate surface area is 105 Å². The van der Waals surface area contributed by atoms with Crippen LogP contribution in [0.2, 0.25) is 0 Å². The Hall–Kier alpha value is -1.69. The molecule has 1 aromatic rings. The molecule has 0 amide bonds. The molecule has 4 nitrogen and oxygen atoms in total. The van der Waals surface area contributed by atoms with Crippen LogP contribution in [0.15, 0.2) is 23.2 Å². The minimum atomic E-state index is -0.491. The van der Waals surface area contributed by atoms with Crippen LogP contribution in [0, 0.1) is 11.6 Å². The predicted molar refractivity (Wildman–Crippen MR) is 66.3 cm³/mol. The third-order valence-corrected chi connectivity index (χ3v) is 2.16. The van der Waals surface area contributed by atoms with E-state index in [4.69, 9.17) is 5.11 Å². The summed E-state index contributed by atoms with van der Waals surface area (Å²) in [6, 6.07) is 3.26. The average Bonchev–Trinajstić information content (AvgIpc) is 2.36. The number of nitrogens with one attached hydrogen (secondary N) is 2. The van der Waals surface area contributed by atoms with Crippen molar-refractivity contribution in [2.45, 2.75) is 13.5 Å². The highest BCUT2D eigenvalue weighted by Gasteiger charge is 2.03. The van der Waals surface area contributed by atoms with E-state index in [1.54, 1.807) is 0 Å². The number of halogens is 2. The van der Waals surface area contributed by atoms with Crippen molar-refractivity contribution in [1.82, 2.24) is 10.6 Å². The van der Waals surface area contributed by atoms with Gasteiger partial charge in [-0.25, -0.2) is 13.8 Å². The largest absolute Gasteiger partial charge is 0.395 e. The standard InChI is InChI=1S/C12H17F2N3O/c1-2-15-12(16-5-6-18)17-8-9-7-10(13)3-4-11(9)14/h3-4,7,18H,2,5-6,8H2,1H3,(H2,15,16,17). The summed E-state index contributed by atoms with van der Waals surface area (Å²) in [5, 5.41) is 14.5. The number of hydrogen-bond donors (Lipinski definition) is 3. The third kappa shape index (κ3) is 4.67. The number of rotatable bonds is 5. The van der Waals surface area contributed by atoms with Crippen molar-refractivity contribution >= 4 is 5.96 Å². The summed E-state index contributed by atoms with van der Waals surface area (Å²) in [5.74, 6) is -0.525. The molecule has 0 heterocycles. The Morgan fingerprint density at radius 1 is 1.33 bits per heavy atom. The number of aliphatic hydroxyl groups excluding tert-OH is 1. The van der Waals surface area contributed by atoms with Crippen LogP contribution < -0.4 is 10.6 Å². The van der Waals surface area contributed by atoms with E-state index in [0.29, 0.717) is 19.0 Å². The van der Waals surface area contributed by atoms with Gasteiger partial charge in [0.1, 0.15) is 11.6 Å². The molecular formula is C12H17F2N3O. The molecule has 0 bridgehead atoms. The number of guanidine groups is 1. The predicted octanol–water partition coefficient (Wildman–Crippen LogP) is 1.01. The maximum Gasteiger partial charge on any atom is 0.191 e. The molecule has 0 atom stereocenters. The molecule has 3 N–H and O–H groups in total. The van der Waals surface area contributed by atoms with E-state index >= 15 is 0 Å². The van der Waals surface area contributed by atoms with E-state index in [1.807, 2.05) is 6.92 Å². The highest BCUT2D eigenvalue weighted by Crippen LogP contribution is 2.10. The lowest BCUT2D eigenvalue weighted by atomic mass is 10.2. The minimum Gasteiger partial charge on any atom is -0.395 e. The molecule has 0 aliphatic heterocycles. The van der Waals surface area contributed by atoms with Crippen molar-refractivity contribution in [2.75, 3.05) is 19.7 Å². The highest BCUT2D eigenvalue weighted by atomic mass is 19.1. The van der Waals surface area contributed by atoms with Crippen LogP contribution in [0.25, 0.3) is 0 Å². The van der Waals surface area contributed by atoms with Crippen LogP contribution in [0.3, 0.4) is 0 Å². The fraction of sp³-hybridized carbons (Fsp3) is 0.417. The molecule has 0 radical (unpaired) electrons. The molecule has 1 aromatic carbocycles. The fourth-order valence-corrected chi connectivity index (χ4v) is 1.34. The van der Waals surface area contributed by atoms with E-state index in [9.17, 15) is 8.78 Å². The van der Waals surface area contributed by atoms with Gasteiger partial charge >= 0.3 is 0 Å². The van der Waals surface area contributed by atoms with Crippen LogP contribution in [0.1, 0.15) is 12.5 Å². The van der Waals surface area contributed by atoms with Crippen molar-refractivity contribution < 1.29 is 13.9 Å². The van der Waals surface area contributed by atoms with E-state index < -0.39 is 11.6 Å². The van der Waals surface area contributed by atoms with Crippen LogP contribution in [0.5, 0.6) is 0 Å². The highest BCUT2D eigenvalue weighted by molar-refractivity contribution is 5.79. The summed E-state index contributed by atoms with van der Waals surface area (Å²) in [6.45, 7) is 2.88. The van der Waals surface area contributed by atoms with Crippen LogP contribution in [-0.4, -0.2) is 30.8 Å². The smallest absolute Gasteiger partial charge is 0.191 e. The van der Waals surface area contributed by atoms with Crippen molar-refractivity contribution in [2.24, 2.45) is 4.99 Å². The zero-order valence-electron chi connectivity index (χ0n) is 10.2. The molecule has 0 saturated heterocycles. The van der Waals surface area contributed by atoms with Crippen LogP contribution in [-0.2, 0) is 6.54 Å². The van der Waals surface area contributed by atoms with Gasteiger partial charge in [-0.3, -0.25) is 0 Å². The molecule has 0 aliphatic carbocycles. The van der Waals surface area contributed by atoms with Crippen LogP contribution >= 0.6 is 0 Å². The van der Waals surface area contributed by atoms with Crippen LogP contribution in [0.4, 0.5) is 8.78 Å². The van der Waals surface area contributed by atoms with Crippen molar-refractivity contribution in [3.63, 3.8) is 0 Å². The second-order valence-corrected chi connectivity index (χ2v) is 3.58. The first-order valence-electron chi connectivity index (χ1n) is 5.74. The van der Waals surface area contributed by atoms with Crippen molar-refractivity contribution in [3.8, 4) is 0 Å². The number of hydrogen-bond acceptors (Lipinski definition) is 2. The molecule has 18 heavy (non-hydrogen) atoms. The first kappa shape index (κ1) is 14.4. The van der Waals surface area contributed by atoms with Gasteiger partial charge in [0.25, 0.3) is 0 Å². The second-order valence-electron chi connectivity index (χ2n) is 3.58. The van der Waals surface area contributed by atoms with E-state index in [-0.39, 0.29) is 18.7 Å². The van der Waals surface area contributed by atoms with Gasteiger partial charge < -0.3 is 15.7 Å². The number of aliphatic hydroxyl groups is 1. The molecule has 0 aromatic heterocycles. The normalized spacial score (nSPS) is 11.4. The summed E-state index contributed by atoms with van der Waals surface area (Å²) in [7, 11) is 0. The van der Waals surface area contributed by atoms with E-state index in [2.05, 4.69) is 15.6 Å². The summed E-state index contributed by atoms with van der Waals surface area (Å²) >= 11 is 0. The Kier molecular flexibility index (Phi) is 6.07. The first-order chi connectivity index (χ1) is 8.67. The average molecular weight is 257 g/mol. The van der Waals surface area contributed by atoms with Gasteiger partial charge in [0.05, 0.1) is 13.2 Å². The Morgan fingerprint density at radius 2 is 2.11 bits per heavy atom. The molecule has 0 saturated carbocycles. The lowest BCUT2D eigenvalue weighted by Crippen LogP contribution is -2.38. The van der Waals surface area contributed by atoms with Gasteiger partial charge in [0.2, 0.25) is 0 Å². The number of nitrogens with zero attached hydrogens (tertiary/aromatic N) is 1. The first-order valence-corrected chi connectivity index (χ1v) is 5.74. The van der Waals surface area contributed by atoms with E-state index in [0.717, 1.165) is 18.2 Å². The van der Waals surface area contributed by atoms with Crippen molar-refractivity contribution in [3.05, 3.63) is 35.4 Å². The second kappa shape index (κ2) is 7.60. The summed E-state index contributed by atoms with van der Waals surface area (Å²) < 4.78 is 26.3. The maximum atomic E-state index is 13.3. The topological polar surface area (TPSA) is 56.7 Å². The molecule has 100 valence electrons. The molecule has 0 fully saturated rings. The van der Waals surface area contributed by atoms with Gasteiger partial charge in [-0.1, -0.05) is 0 Å². The monoisotopic (exact) mass is 257 g/mol. The van der Waals surface area contributed by atoms with Gasteiger partial charge in [-0.05, 0) is 25.1 Å². The van der Waals surface area contributed by atoms with Crippen molar-refractivity contribution in [1.29, 1.82) is 0 Å². The zero-order chi connectivity index (χ0) is 13.4. The molecule has 0 unspecified atom stereocenters. The molecule has 0 spiro atoms. The fourth-order valence-electron chi connectivity index (χ4n) is 1.34.